The third-order valence-electron chi connectivity index (χ3n) is 4.13. The standard InChI is InChI=1S/C19H16N2O5/c1-11(22)13-3-2-4-15(9-13)21-17(23)10-16(18(21)24)20-14-7-5-12(6-8-14)19(25)26/h2-9,16,20H,10H2,1H3,(H,25,26). The van der Waals surface area contributed by atoms with Gasteiger partial charge in [-0.05, 0) is 43.3 Å². The molecule has 1 unspecified atom stereocenters. The molecule has 2 N–H and O–H groups in total. The topological polar surface area (TPSA) is 104 Å². The zero-order valence-corrected chi connectivity index (χ0v) is 13.9. The van der Waals surface area contributed by atoms with Gasteiger partial charge in [-0.2, -0.15) is 0 Å². The third-order valence-corrected chi connectivity index (χ3v) is 4.13. The summed E-state index contributed by atoms with van der Waals surface area (Å²) in [4.78, 5) is 48.4. The lowest BCUT2D eigenvalue weighted by molar-refractivity contribution is -0.121. The minimum Gasteiger partial charge on any atom is -0.478 e. The first-order valence-electron chi connectivity index (χ1n) is 7.94. The Kier molecular flexibility index (Phi) is 4.53. The SMILES string of the molecule is CC(=O)c1cccc(N2C(=O)CC(Nc3ccc(C(=O)O)cc3)C2=O)c1. The molecule has 1 aliphatic rings. The molecule has 2 aromatic carbocycles. The minimum atomic E-state index is -1.04. The predicted octanol–water partition coefficient (Wildman–Crippen LogP) is 2.33. The van der Waals surface area contributed by atoms with Gasteiger partial charge in [0.25, 0.3) is 5.91 Å². The van der Waals surface area contributed by atoms with E-state index < -0.39 is 17.9 Å². The Morgan fingerprint density at radius 3 is 2.38 bits per heavy atom. The highest BCUT2D eigenvalue weighted by atomic mass is 16.4. The Labute approximate surface area is 149 Å². The summed E-state index contributed by atoms with van der Waals surface area (Å²) in [6, 6.07) is 11.5. The molecule has 1 heterocycles. The predicted molar refractivity (Wildman–Crippen MR) is 94.4 cm³/mol. The van der Waals surface area contributed by atoms with E-state index in [1.165, 1.54) is 25.1 Å². The van der Waals surface area contributed by atoms with Gasteiger partial charge < -0.3 is 10.4 Å². The molecule has 0 spiro atoms. The van der Waals surface area contributed by atoms with Crippen LogP contribution in [0.3, 0.4) is 0 Å². The van der Waals surface area contributed by atoms with Crippen LogP contribution in [0, 0.1) is 0 Å². The van der Waals surface area contributed by atoms with Crippen molar-refractivity contribution in [3.8, 4) is 0 Å². The number of carbonyl (C=O) groups excluding carboxylic acids is 3. The number of carbonyl (C=O) groups is 4. The lowest BCUT2D eigenvalue weighted by atomic mass is 10.1. The number of rotatable bonds is 5. The highest BCUT2D eigenvalue weighted by Crippen LogP contribution is 2.26. The molecule has 0 aromatic heterocycles. The molecule has 0 radical (unpaired) electrons. The first-order valence-corrected chi connectivity index (χ1v) is 7.94. The molecule has 0 aliphatic carbocycles. The second kappa shape index (κ2) is 6.79. The number of Topliss-reactive ketones (excluding diaryl/α,β-unsaturated/α-hetero) is 1. The van der Waals surface area contributed by atoms with Crippen molar-refractivity contribution < 1.29 is 24.3 Å². The van der Waals surface area contributed by atoms with Gasteiger partial charge in [0, 0.05) is 11.3 Å². The Hall–Kier alpha value is -3.48. The molecule has 1 atom stereocenters. The normalized spacial score (nSPS) is 16.7. The molecule has 1 fully saturated rings. The number of amides is 2. The molecule has 1 saturated heterocycles. The van der Waals surface area contributed by atoms with E-state index in [0.717, 1.165) is 4.90 Å². The van der Waals surface area contributed by atoms with Gasteiger partial charge in [0.1, 0.15) is 6.04 Å². The van der Waals surface area contributed by atoms with Crippen LogP contribution in [-0.4, -0.2) is 34.7 Å². The van der Waals surface area contributed by atoms with Crippen molar-refractivity contribution in [1.29, 1.82) is 0 Å². The Bertz CT molecular complexity index is 904. The molecular weight excluding hydrogens is 336 g/mol. The fourth-order valence-electron chi connectivity index (χ4n) is 2.79. The summed E-state index contributed by atoms with van der Waals surface area (Å²) in [6.07, 6.45) is -0.0240. The zero-order chi connectivity index (χ0) is 18.8. The molecule has 3 rings (SSSR count). The molecule has 0 bridgehead atoms. The van der Waals surface area contributed by atoms with Crippen LogP contribution in [0.5, 0.6) is 0 Å². The minimum absolute atomic E-state index is 0.0240. The molecular formula is C19H16N2O5. The summed E-state index contributed by atoms with van der Waals surface area (Å²) in [6.45, 7) is 1.41. The molecule has 1 aliphatic heterocycles. The Morgan fingerprint density at radius 2 is 1.77 bits per heavy atom. The molecule has 7 heteroatoms. The maximum atomic E-state index is 12.6. The van der Waals surface area contributed by atoms with Gasteiger partial charge in [0.05, 0.1) is 17.7 Å². The molecule has 132 valence electrons. The van der Waals surface area contributed by atoms with E-state index in [2.05, 4.69) is 5.32 Å². The number of carboxylic acids is 1. The first kappa shape index (κ1) is 17.3. The summed E-state index contributed by atoms with van der Waals surface area (Å²) in [5.41, 5.74) is 1.45. The monoisotopic (exact) mass is 352 g/mol. The average Bonchev–Trinajstić information content (AvgIpc) is 2.89. The molecule has 7 nitrogen and oxygen atoms in total. The molecule has 2 aromatic rings. The number of hydrogen-bond donors (Lipinski definition) is 2. The second-order valence-corrected chi connectivity index (χ2v) is 5.96. The lowest BCUT2D eigenvalue weighted by Crippen LogP contribution is -2.34. The van der Waals surface area contributed by atoms with Gasteiger partial charge in [-0.3, -0.25) is 14.4 Å². The molecule has 0 saturated carbocycles. The maximum absolute atomic E-state index is 12.6. The van der Waals surface area contributed by atoms with Gasteiger partial charge in [0.2, 0.25) is 5.91 Å². The number of nitrogens with zero attached hydrogens (tertiary/aromatic N) is 1. The summed E-state index contributed by atoms with van der Waals surface area (Å²) < 4.78 is 0. The van der Waals surface area contributed by atoms with Crippen LogP contribution in [0.2, 0.25) is 0 Å². The number of carboxylic acid groups (broad SMARTS) is 1. The average molecular weight is 352 g/mol. The van der Waals surface area contributed by atoms with Gasteiger partial charge in [-0.1, -0.05) is 12.1 Å². The first-order chi connectivity index (χ1) is 12.4. The maximum Gasteiger partial charge on any atom is 0.335 e. The van der Waals surface area contributed by atoms with Crippen LogP contribution < -0.4 is 10.2 Å². The summed E-state index contributed by atoms with van der Waals surface area (Å²) in [7, 11) is 0. The lowest BCUT2D eigenvalue weighted by Gasteiger charge is -2.16. The number of benzene rings is 2. The van der Waals surface area contributed by atoms with Crippen LogP contribution in [0.1, 0.15) is 34.1 Å². The van der Waals surface area contributed by atoms with Gasteiger partial charge in [-0.25, -0.2) is 9.69 Å². The summed E-state index contributed by atoms with van der Waals surface area (Å²) in [5, 5.41) is 11.9. The summed E-state index contributed by atoms with van der Waals surface area (Å²) in [5.74, 6) is -1.98. The molecule has 26 heavy (non-hydrogen) atoms. The van der Waals surface area contributed by atoms with Crippen molar-refractivity contribution in [3.63, 3.8) is 0 Å². The van der Waals surface area contributed by atoms with Gasteiger partial charge >= 0.3 is 5.97 Å². The van der Waals surface area contributed by atoms with Crippen LogP contribution in [0.15, 0.2) is 48.5 Å². The van der Waals surface area contributed by atoms with Crippen LogP contribution >= 0.6 is 0 Å². The van der Waals surface area contributed by atoms with Crippen LogP contribution in [0.4, 0.5) is 11.4 Å². The van der Waals surface area contributed by atoms with Crippen molar-refractivity contribution in [1.82, 2.24) is 0 Å². The van der Waals surface area contributed by atoms with Crippen molar-refractivity contribution in [3.05, 3.63) is 59.7 Å². The van der Waals surface area contributed by atoms with Crippen molar-refractivity contribution in [2.45, 2.75) is 19.4 Å². The van der Waals surface area contributed by atoms with E-state index in [0.29, 0.717) is 16.9 Å². The third kappa shape index (κ3) is 3.32. The van der Waals surface area contributed by atoms with E-state index in [1.54, 1.807) is 30.3 Å². The van der Waals surface area contributed by atoms with E-state index in [-0.39, 0.29) is 23.7 Å². The summed E-state index contributed by atoms with van der Waals surface area (Å²) >= 11 is 0. The second-order valence-electron chi connectivity index (χ2n) is 5.96. The van der Waals surface area contributed by atoms with Crippen molar-refractivity contribution >= 4 is 34.9 Å². The Balaban J connectivity index is 1.79. The number of anilines is 2. The van der Waals surface area contributed by atoms with Crippen molar-refractivity contribution in [2.24, 2.45) is 0 Å². The quantitative estimate of drug-likeness (QED) is 0.632. The highest BCUT2D eigenvalue weighted by molar-refractivity contribution is 6.23. The number of ketones is 1. The Morgan fingerprint density at radius 1 is 1.08 bits per heavy atom. The van der Waals surface area contributed by atoms with Crippen LogP contribution in [0.25, 0.3) is 0 Å². The fraction of sp³-hybridized carbons (Fsp3) is 0.158. The number of hydrogen-bond acceptors (Lipinski definition) is 5. The highest BCUT2D eigenvalue weighted by Gasteiger charge is 2.39. The molecule has 2 amide bonds. The van der Waals surface area contributed by atoms with Gasteiger partial charge in [-0.15, -0.1) is 0 Å². The van der Waals surface area contributed by atoms with Gasteiger partial charge in [0.15, 0.2) is 5.78 Å². The largest absolute Gasteiger partial charge is 0.478 e. The zero-order valence-electron chi connectivity index (χ0n) is 13.9. The number of imide groups is 1. The fourth-order valence-corrected chi connectivity index (χ4v) is 2.79. The van der Waals surface area contributed by atoms with Crippen LogP contribution in [-0.2, 0) is 9.59 Å². The van der Waals surface area contributed by atoms with Crippen molar-refractivity contribution in [2.75, 3.05) is 10.2 Å². The smallest absolute Gasteiger partial charge is 0.335 e. The van der Waals surface area contributed by atoms with E-state index >= 15 is 0 Å². The number of aromatic carboxylic acids is 1. The number of nitrogens with one attached hydrogen (secondary N) is 1. The van der Waals surface area contributed by atoms with E-state index in [1.807, 2.05) is 0 Å². The van der Waals surface area contributed by atoms with E-state index in [9.17, 15) is 19.2 Å². The van der Waals surface area contributed by atoms with E-state index in [4.69, 9.17) is 5.11 Å².